The van der Waals surface area contributed by atoms with E-state index >= 15 is 0 Å². The number of nitrogens with one attached hydrogen (secondary N) is 3. The molecule has 33 heavy (non-hydrogen) atoms. The number of nitrogens with zero attached hydrogens (tertiary/aromatic N) is 1. The summed E-state index contributed by atoms with van der Waals surface area (Å²) in [6.07, 6.45) is 1.27. The number of carbonyl (C=O) groups excluding carboxylic acids is 2. The lowest BCUT2D eigenvalue weighted by atomic mass is 10.1. The second-order valence-electron chi connectivity index (χ2n) is 6.90. The molecule has 0 atom stereocenters. The third-order valence-electron chi connectivity index (χ3n) is 4.64. The first-order valence-corrected chi connectivity index (χ1v) is 9.86. The highest BCUT2D eigenvalue weighted by Gasteiger charge is 2.15. The van der Waals surface area contributed by atoms with Crippen LogP contribution < -0.4 is 20.8 Å². The summed E-state index contributed by atoms with van der Waals surface area (Å²) in [6, 6.07) is 18.7. The van der Waals surface area contributed by atoms with Crippen LogP contribution in [0.4, 0.5) is 17.1 Å². The maximum atomic E-state index is 12.2. The van der Waals surface area contributed by atoms with Crippen molar-refractivity contribution in [1.29, 1.82) is 0 Å². The molecule has 2 amide bonds. The van der Waals surface area contributed by atoms with E-state index in [1.807, 2.05) is 31.2 Å². The smallest absolute Gasteiger partial charge is 0.335 e. The number of aryl methyl sites for hydroxylation is 1. The number of carboxylic acids is 1. The molecular formula is C24H22N4O5. The minimum atomic E-state index is -1.10. The van der Waals surface area contributed by atoms with Gasteiger partial charge in [0.2, 0.25) is 0 Å². The summed E-state index contributed by atoms with van der Waals surface area (Å²) in [7, 11) is 1.45. The summed E-state index contributed by atoms with van der Waals surface area (Å²) in [5, 5.41) is 18.8. The van der Waals surface area contributed by atoms with Crippen LogP contribution in [0.15, 0.2) is 71.8 Å². The van der Waals surface area contributed by atoms with E-state index in [2.05, 4.69) is 21.2 Å². The Morgan fingerprint density at radius 2 is 1.61 bits per heavy atom. The molecule has 168 valence electrons. The average molecular weight is 446 g/mol. The Hall–Kier alpha value is -4.66. The Kier molecular flexibility index (Phi) is 7.38. The van der Waals surface area contributed by atoms with Crippen LogP contribution in [-0.2, 0) is 9.59 Å². The van der Waals surface area contributed by atoms with Gasteiger partial charge in [-0.2, -0.15) is 5.10 Å². The summed E-state index contributed by atoms with van der Waals surface area (Å²) in [4.78, 5) is 35.7. The number of hydrogen-bond donors (Lipinski definition) is 4. The van der Waals surface area contributed by atoms with Crippen LogP contribution in [0, 0.1) is 6.92 Å². The fourth-order valence-corrected chi connectivity index (χ4v) is 2.91. The summed E-state index contributed by atoms with van der Waals surface area (Å²) in [6.45, 7) is 1.93. The summed E-state index contributed by atoms with van der Waals surface area (Å²) < 4.78 is 5.13. The van der Waals surface area contributed by atoms with Crippen LogP contribution in [0.3, 0.4) is 0 Å². The Bertz CT molecular complexity index is 1220. The van der Waals surface area contributed by atoms with Gasteiger partial charge in [-0.05, 0) is 48.9 Å². The number of aromatic carboxylic acids is 1. The average Bonchev–Trinajstić information content (AvgIpc) is 2.81. The zero-order valence-corrected chi connectivity index (χ0v) is 18.0. The van der Waals surface area contributed by atoms with E-state index in [0.29, 0.717) is 22.7 Å². The molecule has 0 unspecified atom stereocenters. The first-order chi connectivity index (χ1) is 15.9. The predicted molar refractivity (Wildman–Crippen MR) is 125 cm³/mol. The lowest BCUT2D eigenvalue weighted by Gasteiger charge is -2.12. The lowest BCUT2D eigenvalue weighted by Crippen LogP contribution is -2.32. The number of carbonyl (C=O) groups is 3. The van der Waals surface area contributed by atoms with Gasteiger partial charge in [0.15, 0.2) is 0 Å². The van der Waals surface area contributed by atoms with Crippen molar-refractivity contribution in [1.82, 2.24) is 5.43 Å². The molecule has 9 nitrogen and oxygen atoms in total. The maximum Gasteiger partial charge on any atom is 0.335 e. The number of benzene rings is 3. The van der Waals surface area contributed by atoms with Gasteiger partial charge in [0, 0.05) is 16.9 Å². The number of anilines is 3. The van der Waals surface area contributed by atoms with E-state index < -0.39 is 17.8 Å². The zero-order valence-electron chi connectivity index (χ0n) is 18.0. The van der Waals surface area contributed by atoms with Crippen LogP contribution in [-0.4, -0.2) is 36.2 Å². The maximum absolute atomic E-state index is 12.2. The van der Waals surface area contributed by atoms with Crippen LogP contribution >= 0.6 is 0 Å². The van der Waals surface area contributed by atoms with Crippen LogP contribution in [0.5, 0.6) is 5.75 Å². The molecule has 3 aromatic carbocycles. The van der Waals surface area contributed by atoms with Crippen molar-refractivity contribution < 1.29 is 24.2 Å². The van der Waals surface area contributed by atoms with Crippen molar-refractivity contribution in [2.75, 3.05) is 17.7 Å². The molecule has 0 aromatic heterocycles. The minimum absolute atomic E-state index is 0.0482. The Labute approximate surface area is 190 Å². The molecule has 0 heterocycles. The molecule has 0 aliphatic carbocycles. The van der Waals surface area contributed by atoms with Crippen LogP contribution in [0.25, 0.3) is 0 Å². The molecule has 0 radical (unpaired) electrons. The molecule has 3 rings (SSSR count). The molecule has 0 saturated carbocycles. The van der Waals surface area contributed by atoms with Gasteiger partial charge < -0.3 is 20.5 Å². The highest BCUT2D eigenvalue weighted by atomic mass is 16.5. The molecule has 0 saturated heterocycles. The summed E-state index contributed by atoms with van der Waals surface area (Å²) in [5.74, 6) is -2.64. The Morgan fingerprint density at radius 1 is 0.909 bits per heavy atom. The van der Waals surface area contributed by atoms with Crippen LogP contribution in [0.1, 0.15) is 21.5 Å². The molecular weight excluding hydrogens is 424 g/mol. The number of methoxy groups -OCH3 is 1. The number of hydrazone groups is 1. The van der Waals surface area contributed by atoms with E-state index in [9.17, 15) is 19.5 Å². The first-order valence-electron chi connectivity index (χ1n) is 9.86. The first kappa shape index (κ1) is 23.0. The van der Waals surface area contributed by atoms with Crippen molar-refractivity contribution in [2.24, 2.45) is 5.10 Å². The zero-order chi connectivity index (χ0) is 23.8. The van der Waals surface area contributed by atoms with Crippen LogP contribution in [0.2, 0.25) is 0 Å². The predicted octanol–water partition coefficient (Wildman–Crippen LogP) is 3.53. The SMILES string of the molecule is COc1ccccc1NC(=O)C(=O)N/N=C\c1cc(C(=O)O)ccc1Nc1ccccc1C. The lowest BCUT2D eigenvalue weighted by molar-refractivity contribution is -0.136. The highest BCUT2D eigenvalue weighted by molar-refractivity contribution is 6.39. The number of ether oxygens (including phenoxy) is 1. The highest BCUT2D eigenvalue weighted by Crippen LogP contribution is 2.24. The van der Waals surface area contributed by atoms with Crippen molar-refractivity contribution in [3.63, 3.8) is 0 Å². The molecule has 0 fully saturated rings. The third-order valence-corrected chi connectivity index (χ3v) is 4.64. The summed E-state index contributed by atoms with van der Waals surface area (Å²) >= 11 is 0. The van der Waals surface area contributed by atoms with E-state index in [1.165, 1.54) is 25.5 Å². The molecule has 4 N–H and O–H groups in total. The Balaban J connectivity index is 1.75. The topological polar surface area (TPSA) is 129 Å². The van der Waals surface area contributed by atoms with Gasteiger partial charge in [-0.3, -0.25) is 9.59 Å². The van der Waals surface area contributed by atoms with E-state index in [-0.39, 0.29) is 5.56 Å². The van der Waals surface area contributed by atoms with Gasteiger partial charge in [-0.1, -0.05) is 30.3 Å². The fraction of sp³-hybridized carbons (Fsp3) is 0.0833. The van der Waals surface area contributed by atoms with Gasteiger partial charge in [0.1, 0.15) is 5.75 Å². The van der Waals surface area contributed by atoms with Crippen molar-refractivity contribution in [3.8, 4) is 5.75 Å². The molecule has 0 bridgehead atoms. The molecule has 0 spiro atoms. The van der Waals surface area contributed by atoms with Gasteiger partial charge in [0.25, 0.3) is 0 Å². The third kappa shape index (κ3) is 5.95. The second-order valence-corrected chi connectivity index (χ2v) is 6.90. The number of carboxylic acid groups (broad SMARTS) is 1. The standard InChI is InChI=1S/C24H22N4O5/c1-15-7-3-4-8-18(15)26-19-12-11-16(24(31)32)13-17(19)14-25-28-23(30)22(29)27-20-9-5-6-10-21(20)33-2/h3-14,26H,1-2H3,(H,27,29)(H,28,30)(H,31,32)/b25-14-. The van der Waals surface area contributed by atoms with E-state index in [1.54, 1.807) is 30.3 Å². The van der Waals surface area contributed by atoms with Crippen molar-refractivity contribution in [3.05, 3.63) is 83.4 Å². The molecule has 0 aliphatic rings. The Morgan fingerprint density at radius 3 is 2.30 bits per heavy atom. The van der Waals surface area contributed by atoms with Gasteiger partial charge in [-0.25, -0.2) is 10.2 Å². The number of amides is 2. The quantitative estimate of drug-likeness (QED) is 0.250. The second kappa shape index (κ2) is 10.6. The van der Waals surface area contributed by atoms with E-state index in [4.69, 9.17) is 4.74 Å². The number of rotatable bonds is 7. The van der Waals surface area contributed by atoms with E-state index in [0.717, 1.165) is 11.3 Å². The minimum Gasteiger partial charge on any atom is -0.495 e. The number of hydrogen-bond acceptors (Lipinski definition) is 6. The molecule has 3 aromatic rings. The van der Waals surface area contributed by atoms with Crippen molar-refractivity contribution in [2.45, 2.75) is 6.92 Å². The van der Waals surface area contributed by atoms with Crippen molar-refractivity contribution >= 4 is 41.1 Å². The summed E-state index contributed by atoms with van der Waals surface area (Å²) in [5.41, 5.74) is 5.33. The fourth-order valence-electron chi connectivity index (χ4n) is 2.91. The van der Waals surface area contributed by atoms with Gasteiger partial charge in [-0.15, -0.1) is 0 Å². The van der Waals surface area contributed by atoms with Gasteiger partial charge >= 0.3 is 17.8 Å². The molecule has 0 aliphatic heterocycles. The monoisotopic (exact) mass is 446 g/mol. The largest absolute Gasteiger partial charge is 0.495 e. The van der Waals surface area contributed by atoms with Gasteiger partial charge in [0.05, 0.1) is 24.6 Å². The normalized spacial score (nSPS) is 10.5. The molecule has 9 heteroatoms. The number of para-hydroxylation sites is 3.